The molecule has 0 unspecified atom stereocenters. The van der Waals surface area contributed by atoms with Gasteiger partial charge in [0.1, 0.15) is 9.88 Å². The predicted octanol–water partition coefficient (Wildman–Crippen LogP) is 5.99. The number of aromatic nitrogens is 1. The molecule has 0 spiro atoms. The van der Waals surface area contributed by atoms with Gasteiger partial charge in [0, 0.05) is 35.1 Å². The fourth-order valence-electron chi connectivity index (χ4n) is 3.81. The van der Waals surface area contributed by atoms with Gasteiger partial charge in [-0.2, -0.15) is 0 Å². The topological polar surface area (TPSA) is 83.1 Å². The molecule has 2 amide bonds. The number of amides is 2. The van der Waals surface area contributed by atoms with Crippen molar-refractivity contribution >= 4 is 34.5 Å². The maximum absolute atomic E-state index is 12.6. The number of carbonyl (C=O) groups excluding carboxylic acids is 2. The van der Waals surface area contributed by atoms with Gasteiger partial charge in [0.25, 0.3) is 11.8 Å². The minimum Gasteiger partial charge on any atom is -0.355 e. The van der Waals surface area contributed by atoms with Crippen LogP contribution >= 0.6 is 11.3 Å². The Bertz CT molecular complexity index is 1410. The van der Waals surface area contributed by atoms with Gasteiger partial charge in [-0.1, -0.05) is 48.5 Å². The normalized spacial score (nSPS) is 12.7. The number of carbonyl (C=O) groups is 2. The van der Waals surface area contributed by atoms with Crippen molar-refractivity contribution in [2.75, 3.05) is 5.32 Å². The third kappa shape index (κ3) is 5.63. The quantitative estimate of drug-likeness (QED) is 0.280. The standard InChI is InChI=1S/C29H28N4O2S/c1-18-8-10-21(27(34)32-23-12-13-23)14-24(18)33-25-15-22(11-9-19(25)2)29-31-17-26(36-29)28(35)30-16-20-6-4-3-5-7-20/h3-11,14-15,17,23,33H,12-13,16H2,1-2H3,(H,30,35)(H,32,34). The van der Waals surface area contributed by atoms with E-state index in [0.717, 1.165) is 51.5 Å². The summed E-state index contributed by atoms with van der Waals surface area (Å²) in [6, 6.07) is 22.0. The van der Waals surface area contributed by atoms with Gasteiger partial charge in [-0.25, -0.2) is 4.98 Å². The van der Waals surface area contributed by atoms with E-state index < -0.39 is 0 Å². The van der Waals surface area contributed by atoms with Crippen LogP contribution < -0.4 is 16.0 Å². The highest BCUT2D eigenvalue weighted by atomic mass is 32.1. The average molecular weight is 497 g/mol. The van der Waals surface area contributed by atoms with E-state index in [9.17, 15) is 9.59 Å². The molecule has 6 nitrogen and oxygen atoms in total. The summed E-state index contributed by atoms with van der Waals surface area (Å²) in [4.78, 5) is 30.2. The van der Waals surface area contributed by atoms with Gasteiger partial charge in [0.05, 0.1) is 6.20 Å². The average Bonchev–Trinajstić information content (AvgIpc) is 3.56. The van der Waals surface area contributed by atoms with Gasteiger partial charge in [0.15, 0.2) is 0 Å². The van der Waals surface area contributed by atoms with Crippen molar-refractivity contribution in [1.29, 1.82) is 0 Å². The van der Waals surface area contributed by atoms with E-state index in [4.69, 9.17) is 0 Å². The molecule has 0 saturated heterocycles. The fourth-order valence-corrected chi connectivity index (χ4v) is 4.64. The van der Waals surface area contributed by atoms with Crippen LogP contribution in [0.4, 0.5) is 11.4 Å². The number of anilines is 2. The van der Waals surface area contributed by atoms with Gasteiger partial charge in [-0.05, 0) is 61.6 Å². The largest absolute Gasteiger partial charge is 0.355 e. The molecular weight excluding hydrogens is 468 g/mol. The van der Waals surface area contributed by atoms with Crippen molar-refractivity contribution in [3.8, 4) is 10.6 Å². The van der Waals surface area contributed by atoms with Crippen LogP contribution in [0.1, 0.15) is 49.6 Å². The first kappa shape index (κ1) is 23.8. The molecule has 0 aliphatic heterocycles. The van der Waals surface area contributed by atoms with Crippen molar-refractivity contribution in [1.82, 2.24) is 15.6 Å². The lowest BCUT2D eigenvalue weighted by Crippen LogP contribution is -2.25. The summed E-state index contributed by atoms with van der Waals surface area (Å²) in [5.74, 6) is -0.170. The van der Waals surface area contributed by atoms with Crippen molar-refractivity contribution < 1.29 is 9.59 Å². The van der Waals surface area contributed by atoms with Gasteiger partial charge >= 0.3 is 0 Å². The Labute approximate surface area is 214 Å². The zero-order chi connectivity index (χ0) is 25.1. The summed E-state index contributed by atoms with van der Waals surface area (Å²) in [6.07, 6.45) is 3.74. The molecule has 36 heavy (non-hydrogen) atoms. The minimum absolute atomic E-state index is 0.0353. The molecule has 1 saturated carbocycles. The first-order valence-corrected chi connectivity index (χ1v) is 12.9. The fraction of sp³-hybridized carbons (Fsp3) is 0.207. The number of thiazole rings is 1. The first-order valence-electron chi connectivity index (χ1n) is 12.0. The van der Waals surface area contributed by atoms with Crippen molar-refractivity contribution in [2.45, 2.75) is 39.3 Å². The molecule has 182 valence electrons. The maximum atomic E-state index is 12.6. The Kier molecular flexibility index (Phi) is 6.82. The zero-order valence-electron chi connectivity index (χ0n) is 20.3. The Hall–Kier alpha value is -3.97. The predicted molar refractivity (Wildman–Crippen MR) is 145 cm³/mol. The molecule has 1 aromatic heterocycles. The van der Waals surface area contributed by atoms with Gasteiger partial charge < -0.3 is 16.0 Å². The van der Waals surface area contributed by atoms with Crippen LogP contribution in [0.25, 0.3) is 10.6 Å². The van der Waals surface area contributed by atoms with E-state index in [0.29, 0.717) is 23.0 Å². The summed E-state index contributed by atoms with van der Waals surface area (Å²) in [5.41, 5.74) is 6.57. The third-order valence-electron chi connectivity index (χ3n) is 6.19. The zero-order valence-corrected chi connectivity index (χ0v) is 21.1. The number of hydrogen-bond donors (Lipinski definition) is 3. The molecule has 4 aromatic rings. The lowest BCUT2D eigenvalue weighted by molar-refractivity contribution is 0.0944. The Balaban J connectivity index is 1.31. The summed E-state index contributed by atoms with van der Waals surface area (Å²) in [6.45, 7) is 4.53. The monoisotopic (exact) mass is 496 g/mol. The van der Waals surface area contributed by atoms with Crippen LogP contribution in [0.3, 0.4) is 0 Å². The molecule has 0 bridgehead atoms. The molecule has 0 atom stereocenters. The Morgan fingerprint density at radius 1 is 0.917 bits per heavy atom. The summed E-state index contributed by atoms with van der Waals surface area (Å²) in [5, 5.41) is 10.3. The number of nitrogens with one attached hydrogen (secondary N) is 3. The van der Waals surface area contributed by atoms with Crippen molar-refractivity contribution in [2.24, 2.45) is 0 Å². The lowest BCUT2D eigenvalue weighted by Gasteiger charge is -2.14. The SMILES string of the molecule is Cc1ccc(C(=O)NC2CC2)cc1Nc1cc(-c2ncc(C(=O)NCc3ccccc3)s2)ccc1C. The molecular formula is C29H28N4O2S. The van der Waals surface area contributed by atoms with E-state index in [1.807, 2.05) is 80.6 Å². The number of benzene rings is 3. The van der Waals surface area contributed by atoms with E-state index in [-0.39, 0.29) is 11.8 Å². The Morgan fingerprint density at radius 3 is 2.39 bits per heavy atom. The molecule has 5 rings (SSSR count). The Morgan fingerprint density at radius 2 is 1.64 bits per heavy atom. The number of aryl methyl sites for hydroxylation is 2. The molecule has 1 aliphatic carbocycles. The van der Waals surface area contributed by atoms with Crippen LogP contribution in [0.2, 0.25) is 0 Å². The molecule has 1 aliphatic rings. The first-order chi connectivity index (χ1) is 17.5. The molecule has 1 heterocycles. The van der Waals surface area contributed by atoms with Crippen LogP contribution in [-0.4, -0.2) is 22.8 Å². The molecule has 1 fully saturated rings. The second-order valence-corrected chi connectivity index (χ2v) is 10.2. The summed E-state index contributed by atoms with van der Waals surface area (Å²) in [7, 11) is 0. The number of nitrogens with zero attached hydrogens (tertiary/aromatic N) is 1. The summed E-state index contributed by atoms with van der Waals surface area (Å²) < 4.78 is 0. The van der Waals surface area contributed by atoms with E-state index in [1.54, 1.807) is 6.20 Å². The van der Waals surface area contributed by atoms with Gasteiger partial charge in [-0.3, -0.25) is 9.59 Å². The highest BCUT2D eigenvalue weighted by Crippen LogP contribution is 2.31. The number of hydrogen-bond acceptors (Lipinski definition) is 5. The molecule has 0 radical (unpaired) electrons. The number of rotatable bonds is 8. The molecule has 3 aromatic carbocycles. The smallest absolute Gasteiger partial charge is 0.263 e. The van der Waals surface area contributed by atoms with E-state index >= 15 is 0 Å². The van der Waals surface area contributed by atoms with Gasteiger partial charge in [0.2, 0.25) is 0 Å². The lowest BCUT2D eigenvalue weighted by atomic mass is 10.1. The maximum Gasteiger partial charge on any atom is 0.263 e. The highest BCUT2D eigenvalue weighted by Gasteiger charge is 2.24. The second-order valence-electron chi connectivity index (χ2n) is 9.13. The van der Waals surface area contributed by atoms with Crippen LogP contribution in [0.5, 0.6) is 0 Å². The van der Waals surface area contributed by atoms with E-state index in [1.165, 1.54) is 11.3 Å². The van der Waals surface area contributed by atoms with Crippen molar-refractivity contribution in [3.63, 3.8) is 0 Å². The van der Waals surface area contributed by atoms with E-state index in [2.05, 4.69) is 20.9 Å². The third-order valence-corrected chi connectivity index (χ3v) is 7.24. The van der Waals surface area contributed by atoms with Crippen molar-refractivity contribution in [3.05, 3.63) is 100 Å². The van der Waals surface area contributed by atoms with Crippen LogP contribution in [0, 0.1) is 13.8 Å². The molecule has 7 heteroatoms. The minimum atomic E-state index is -0.134. The van der Waals surface area contributed by atoms with Gasteiger partial charge in [-0.15, -0.1) is 11.3 Å². The summed E-state index contributed by atoms with van der Waals surface area (Å²) >= 11 is 1.37. The second kappa shape index (κ2) is 10.3. The van der Waals surface area contributed by atoms with Crippen LogP contribution in [0.15, 0.2) is 72.9 Å². The highest BCUT2D eigenvalue weighted by molar-refractivity contribution is 7.16. The van der Waals surface area contributed by atoms with Crippen LogP contribution in [-0.2, 0) is 6.54 Å². The molecule has 3 N–H and O–H groups in total.